The molecule has 0 spiro atoms. The molecule has 0 bridgehead atoms. The Labute approximate surface area is 140 Å². The minimum atomic E-state index is -0.101. The molecule has 1 N–H and O–H groups in total. The predicted molar refractivity (Wildman–Crippen MR) is 88.4 cm³/mol. The Kier molecular flexibility index (Phi) is 3.82. The number of likely N-dealkylation sites (tertiary alicyclic amines) is 1. The van der Waals surface area contributed by atoms with Crippen molar-refractivity contribution in [3.63, 3.8) is 0 Å². The van der Waals surface area contributed by atoms with Crippen molar-refractivity contribution in [2.24, 2.45) is 0 Å². The summed E-state index contributed by atoms with van der Waals surface area (Å²) in [6.07, 6.45) is 6.15. The highest BCUT2D eigenvalue weighted by molar-refractivity contribution is 5.99. The number of aromatic amines is 1. The predicted octanol–water partition coefficient (Wildman–Crippen LogP) is 2.17. The fraction of sp³-hybridized carbons (Fsp3) is 0.333. The van der Waals surface area contributed by atoms with Crippen LogP contribution in [0.5, 0.6) is 5.75 Å². The van der Waals surface area contributed by atoms with Crippen LogP contribution in [0.1, 0.15) is 23.9 Å². The van der Waals surface area contributed by atoms with Crippen LogP contribution in [0.4, 0.5) is 0 Å². The van der Waals surface area contributed by atoms with Gasteiger partial charge in [0, 0.05) is 38.0 Å². The van der Waals surface area contributed by atoms with Gasteiger partial charge in [-0.25, -0.2) is 4.98 Å². The number of benzene rings is 1. The molecular formula is C18H19N3O3. The maximum absolute atomic E-state index is 13.1. The molecule has 1 fully saturated rings. The molecule has 124 valence electrons. The van der Waals surface area contributed by atoms with Crippen LogP contribution in [0.3, 0.4) is 0 Å². The van der Waals surface area contributed by atoms with E-state index in [4.69, 9.17) is 9.47 Å². The highest BCUT2D eigenvalue weighted by Crippen LogP contribution is 2.34. The van der Waals surface area contributed by atoms with Gasteiger partial charge in [0.1, 0.15) is 18.2 Å². The second kappa shape index (κ2) is 6.13. The first-order valence-corrected chi connectivity index (χ1v) is 8.01. The smallest absolute Gasteiger partial charge is 0.253 e. The summed E-state index contributed by atoms with van der Waals surface area (Å²) in [5.41, 5.74) is 1.59. The summed E-state index contributed by atoms with van der Waals surface area (Å²) in [5, 5.41) is 0. The van der Waals surface area contributed by atoms with Crippen LogP contribution in [0.2, 0.25) is 0 Å². The highest BCUT2D eigenvalue weighted by atomic mass is 16.5. The first-order chi connectivity index (χ1) is 11.8. The molecule has 2 aromatic rings. The maximum atomic E-state index is 13.1. The second-order valence-electron chi connectivity index (χ2n) is 6.04. The minimum absolute atomic E-state index is 0.0152. The van der Waals surface area contributed by atoms with Crippen molar-refractivity contribution in [1.29, 1.82) is 0 Å². The number of nitrogens with one attached hydrogen (secondary N) is 1. The average molecular weight is 325 g/mol. The van der Waals surface area contributed by atoms with Gasteiger partial charge in [0.15, 0.2) is 0 Å². The van der Waals surface area contributed by atoms with Gasteiger partial charge >= 0.3 is 0 Å². The zero-order valence-corrected chi connectivity index (χ0v) is 13.4. The summed E-state index contributed by atoms with van der Waals surface area (Å²) >= 11 is 0. The molecule has 0 aliphatic carbocycles. The number of nitrogens with zero attached hydrogens (tertiary/aromatic N) is 2. The molecule has 24 heavy (non-hydrogen) atoms. The van der Waals surface area contributed by atoms with Gasteiger partial charge < -0.3 is 19.4 Å². The molecule has 1 aromatic carbocycles. The first kappa shape index (κ1) is 15.0. The highest BCUT2D eigenvalue weighted by Gasteiger charge is 2.39. The van der Waals surface area contributed by atoms with E-state index in [9.17, 15) is 4.79 Å². The monoisotopic (exact) mass is 325 g/mol. The number of fused-ring (bicyclic) bond motifs is 1. The third kappa shape index (κ3) is 2.59. The quantitative estimate of drug-likeness (QED) is 0.939. The average Bonchev–Trinajstić information content (AvgIpc) is 3.29. The Morgan fingerprint density at radius 1 is 1.42 bits per heavy atom. The van der Waals surface area contributed by atoms with Crippen molar-refractivity contribution in [2.45, 2.75) is 18.6 Å². The molecule has 2 aliphatic heterocycles. The normalized spacial score (nSPS) is 22.7. The van der Waals surface area contributed by atoms with E-state index in [0.717, 1.165) is 23.6 Å². The minimum Gasteiger partial charge on any atom is -0.488 e. The number of aromatic nitrogens is 2. The second-order valence-corrected chi connectivity index (χ2v) is 6.04. The van der Waals surface area contributed by atoms with Gasteiger partial charge in [-0.1, -0.05) is 18.2 Å². The largest absolute Gasteiger partial charge is 0.488 e. The standard InChI is InChI=1S/C18H19N3O3/c1-23-14-9-15(17-19-6-7-20-17)21(10-14)18(22)13-8-12-4-2-3-5-16(12)24-11-13/h2-8,14-15H,9-11H2,1H3,(H,19,20)/t14-,15+/m1/s1. The number of H-pyrrole nitrogens is 1. The number of rotatable bonds is 3. The van der Waals surface area contributed by atoms with Crippen LogP contribution in [-0.2, 0) is 9.53 Å². The van der Waals surface area contributed by atoms with Crippen molar-refractivity contribution in [2.75, 3.05) is 20.3 Å². The van der Waals surface area contributed by atoms with Crippen LogP contribution < -0.4 is 4.74 Å². The van der Waals surface area contributed by atoms with Gasteiger partial charge in [-0.2, -0.15) is 0 Å². The number of methoxy groups -OCH3 is 1. The molecule has 2 atom stereocenters. The Morgan fingerprint density at radius 2 is 2.29 bits per heavy atom. The SMILES string of the molecule is CO[C@@H]1C[C@@H](c2ncc[nH]2)N(C(=O)C2=Cc3ccccc3OC2)C1. The van der Waals surface area contributed by atoms with Crippen LogP contribution in [-0.4, -0.2) is 47.1 Å². The van der Waals surface area contributed by atoms with E-state index in [1.807, 2.05) is 35.2 Å². The van der Waals surface area contributed by atoms with Crippen molar-refractivity contribution in [3.05, 3.63) is 53.6 Å². The summed E-state index contributed by atoms with van der Waals surface area (Å²) in [6, 6.07) is 7.63. The summed E-state index contributed by atoms with van der Waals surface area (Å²) in [4.78, 5) is 22.3. The molecule has 0 saturated carbocycles. The summed E-state index contributed by atoms with van der Waals surface area (Å²) in [6.45, 7) is 0.842. The number of hydrogen-bond acceptors (Lipinski definition) is 4. The van der Waals surface area contributed by atoms with Gasteiger partial charge in [0.2, 0.25) is 0 Å². The molecule has 0 radical (unpaired) electrons. The molecule has 1 saturated heterocycles. The lowest BCUT2D eigenvalue weighted by atomic mass is 10.1. The Balaban J connectivity index is 1.62. The van der Waals surface area contributed by atoms with E-state index in [0.29, 0.717) is 12.1 Å². The number of para-hydroxylation sites is 1. The van der Waals surface area contributed by atoms with E-state index in [-0.39, 0.29) is 24.7 Å². The fourth-order valence-electron chi connectivity index (χ4n) is 3.34. The molecule has 3 heterocycles. The van der Waals surface area contributed by atoms with Crippen molar-refractivity contribution >= 4 is 12.0 Å². The molecular weight excluding hydrogens is 306 g/mol. The molecule has 1 amide bonds. The fourth-order valence-corrected chi connectivity index (χ4v) is 3.34. The number of hydrogen-bond donors (Lipinski definition) is 1. The Morgan fingerprint density at radius 3 is 3.08 bits per heavy atom. The van der Waals surface area contributed by atoms with Crippen molar-refractivity contribution in [1.82, 2.24) is 14.9 Å². The lowest BCUT2D eigenvalue weighted by molar-refractivity contribution is -0.128. The van der Waals surface area contributed by atoms with Crippen LogP contribution in [0.15, 0.2) is 42.2 Å². The lowest BCUT2D eigenvalue weighted by Crippen LogP contribution is -2.35. The van der Waals surface area contributed by atoms with Crippen molar-refractivity contribution < 1.29 is 14.3 Å². The van der Waals surface area contributed by atoms with Gasteiger partial charge in [0.25, 0.3) is 5.91 Å². The van der Waals surface area contributed by atoms with Gasteiger partial charge in [-0.05, 0) is 12.1 Å². The molecule has 0 unspecified atom stereocenters. The van der Waals surface area contributed by atoms with E-state index in [1.165, 1.54) is 0 Å². The summed E-state index contributed by atoms with van der Waals surface area (Å²) in [5.74, 6) is 1.58. The molecule has 6 heteroatoms. The van der Waals surface area contributed by atoms with Crippen LogP contribution in [0.25, 0.3) is 6.08 Å². The molecule has 2 aliphatic rings. The van der Waals surface area contributed by atoms with Gasteiger partial charge in [-0.15, -0.1) is 0 Å². The van der Waals surface area contributed by atoms with E-state index in [1.54, 1.807) is 19.5 Å². The lowest BCUT2D eigenvalue weighted by Gasteiger charge is -2.26. The third-order valence-corrected chi connectivity index (χ3v) is 4.60. The summed E-state index contributed by atoms with van der Waals surface area (Å²) < 4.78 is 11.2. The zero-order chi connectivity index (χ0) is 16.5. The van der Waals surface area contributed by atoms with Crippen molar-refractivity contribution in [3.8, 4) is 5.75 Å². The Bertz CT molecular complexity index is 770. The number of amides is 1. The zero-order valence-electron chi connectivity index (χ0n) is 13.4. The molecule has 1 aromatic heterocycles. The van der Waals surface area contributed by atoms with Crippen LogP contribution >= 0.6 is 0 Å². The number of carbonyl (C=O) groups excluding carboxylic acids is 1. The molecule has 6 nitrogen and oxygen atoms in total. The topological polar surface area (TPSA) is 67.5 Å². The van der Waals surface area contributed by atoms with Gasteiger partial charge in [-0.3, -0.25) is 4.79 Å². The van der Waals surface area contributed by atoms with E-state index in [2.05, 4.69) is 9.97 Å². The number of ether oxygens (including phenoxy) is 2. The first-order valence-electron chi connectivity index (χ1n) is 8.01. The van der Waals surface area contributed by atoms with E-state index >= 15 is 0 Å². The third-order valence-electron chi connectivity index (χ3n) is 4.60. The molecule has 4 rings (SSSR count). The van der Waals surface area contributed by atoms with Crippen LogP contribution in [0, 0.1) is 0 Å². The van der Waals surface area contributed by atoms with E-state index < -0.39 is 0 Å². The maximum Gasteiger partial charge on any atom is 0.253 e. The Hall–Kier alpha value is -2.60. The number of carbonyl (C=O) groups is 1. The number of imidazole rings is 1. The summed E-state index contributed by atoms with van der Waals surface area (Å²) in [7, 11) is 1.68. The van der Waals surface area contributed by atoms with Gasteiger partial charge in [0.05, 0.1) is 17.7 Å².